The van der Waals surface area contributed by atoms with Crippen molar-refractivity contribution in [2.45, 2.75) is 72.4 Å². The third kappa shape index (κ3) is 2.81. The van der Waals surface area contributed by atoms with Crippen molar-refractivity contribution in [1.82, 2.24) is 4.90 Å². The minimum atomic E-state index is -0.236. The number of rotatable bonds is 1. The first-order valence-corrected chi connectivity index (χ1v) is 7.62. The van der Waals surface area contributed by atoms with Crippen LogP contribution in [0.3, 0.4) is 0 Å². The van der Waals surface area contributed by atoms with E-state index in [0.29, 0.717) is 5.92 Å². The summed E-state index contributed by atoms with van der Waals surface area (Å²) < 4.78 is 0. The molecule has 1 heterocycles. The maximum atomic E-state index is 12.5. The van der Waals surface area contributed by atoms with Crippen LogP contribution in [0.4, 0.5) is 0 Å². The van der Waals surface area contributed by atoms with Crippen LogP contribution in [0.5, 0.6) is 0 Å². The number of nitrogens with zero attached hydrogens (tertiary/aromatic N) is 1. The third-order valence-corrected chi connectivity index (χ3v) is 5.12. The highest BCUT2D eigenvalue weighted by Crippen LogP contribution is 2.43. The Morgan fingerprint density at radius 1 is 1.26 bits per heavy atom. The first kappa shape index (κ1) is 14.8. The lowest BCUT2D eigenvalue weighted by molar-refractivity contribution is -0.140. The second-order valence-electron chi connectivity index (χ2n) is 8.14. The molecule has 0 bridgehead atoms. The molecule has 1 saturated carbocycles. The summed E-state index contributed by atoms with van der Waals surface area (Å²) >= 11 is 0. The van der Waals surface area contributed by atoms with Crippen LogP contribution in [0.15, 0.2) is 0 Å². The van der Waals surface area contributed by atoms with Crippen molar-refractivity contribution in [1.29, 1.82) is 0 Å². The number of aliphatic hydroxyl groups excluding tert-OH is 1. The van der Waals surface area contributed by atoms with Gasteiger partial charge in [-0.15, -0.1) is 0 Å². The molecule has 0 spiro atoms. The van der Waals surface area contributed by atoms with Crippen LogP contribution in [0.2, 0.25) is 0 Å². The molecule has 1 amide bonds. The molecular weight excluding hydrogens is 238 g/mol. The van der Waals surface area contributed by atoms with Gasteiger partial charge in [0, 0.05) is 18.0 Å². The van der Waals surface area contributed by atoms with Gasteiger partial charge < -0.3 is 10.0 Å². The van der Waals surface area contributed by atoms with Crippen LogP contribution in [-0.2, 0) is 4.79 Å². The van der Waals surface area contributed by atoms with Crippen LogP contribution in [0.25, 0.3) is 0 Å². The highest BCUT2D eigenvalue weighted by atomic mass is 16.3. The average molecular weight is 267 g/mol. The Morgan fingerprint density at radius 2 is 1.89 bits per heavy atom. The molecule has 2 aliphatic rings. The predicted molar refractivity (Wildman–Crippen MR) is 76.7 cm³/mol. The molecule has 2 fully saturated rings. The van der Waals surface area contributed by atoms with Crippen molar-refractivity contribution in [3.05, 3.63) is 0 Å². The Bertz CT molecular complexity index is 356. The number of aliphatic hydroxyl groups is 1. The molecule has 0 radical (unpaired) electrons. The summed E-state index contributed by atoms with van der Waals surface area (Å²) in [6.45, 7) is 11.7. The lowest BCUT2D eigenvalue weighted by Crippen LogP contribution is -2.51. The van der Waals surface area contributed by atoms with Crippen LogP contribution in [0.1, 0.15) is 60.3 Å². The monoisotopic (exact) mass is 267 g/mol. The number of amides is 1. The van der Waals surface area contributed by atoms with E-state index in [1.54, 1.807) is 0 Å². The summed E-state index contributed by atoms with van der Waals surface area (Å²) in [7, 11) is 0. The minimum absolute atomic E-state index is 0.192. The van der Waals surface area contributed by atoms with E-state index < -0.39 is 0 Å². The Kier molecular flexibility index (Phi) is 3.72. The molecule has 110 valence electrons. The molecule has 1 aliphatic carbocycles. The molecule has 3 heteroatoms. The molecule has 19 heavy (non-hydrogen) atoms. The Balaban J connectivity index is 2.22. The minimum Gasteiger partial charge on any atom is -0.393 e. The molecule has 3 unspecified atom stereocenters. The van der Waals surface area contributed by atoms with E-state index >= 15 is 0 Å². The van der Waals surface area contributed by atoms with Crippen molar-refractivity contribution < 1.29 is 9.90 Å². The lowest BCUT2D eigenvalue weighted by Gasteiger charge is -2.46. The van der Waals surface area contributed by atoms with E-state index in [4.69, 9.17) is 0 Å². The SMILES string of the molecule is CC1(C)CCN(C2CC(O)CCC2C(C)(C)C)C1=O. The highest BCUT2D eigenvalue weighted by Gasteiger charge is 2.47. The van der Waals surface area contributed by atoms with E-state index in [2.05, 4.69) is 25.7 Å². The molecule has 2 rings (SSSR count). The molecule has 0 aromatic rings. The zero-order valence-corrected chi connectivity index (χ0v) is 13.1. The zero-order chi connectivity index (χ0) is 14.4. The predicted octanol–water partition coefficient (Wildman–Crippen LogP) is 2.82. The van der Waals surface area contributed by atoms with E-state index in [-0.39, 0.29) is 28.9 Å². The summed E-state index contributed by atoms with van der Waals surface area (Å²) in [4.78, 5) is 14.6. The first-order valence-electron chi connectivity index (χ1n) is 7.62. The molecule has 0 aromatic heterocycles. The average Bonchev–Trinajstić information content (AvgIpc) is 2.52. The Morgan fingerprint density at radius 3 is 2.37 bits per heavy atom. The first-order chi connectivity index (χ1) is 8.63. The van der Waals surface area contributed by atoms with Gasteiger partial charge in [-0.2, -0.15) is 0 Å². The molecule has 3 nitrogen and oxygen atoms in total. The zero-order valence-electron chi connectivity index (χ0n) is 13.1. The lowest BCUT2D eigenvalue weighted by atomic mass is 9.68. The van der Waals surface area contributed by atoms with Gasteiger partial charge >= 0.3 is 0 Å². The molecular formula is C16H29NO2. The maximum absolute atomic E-state index is 12.5. The summed E-state index contributed by atoms with van der Waals surface area (Å²) in [5, 5.41) is 10.0. The summed E-state index contributed by atoms with van der Waals surface area (Å²) in [6, 6.07) is 0.220. The van der Waals surface area contributed by atoms with Crippen LogP contribution in [0, 0.1) is 16.7 Å². The van der Waals surface area contributed by atoms with Crippen molar-refractivity contribution in [3.8, 4) is 0 Å². The molecule has 1 N–H and O–H groups in total. The maximum Gasteiger partial charge on any atom is 0.228 e. The largest absolute Gasteiger partial charge is 0.393 e. The number of carbonyl (C=O) groups excluding carboxylic acids is 1. The van der Waals surface area contributed by atoms with Gasteiger partial charge in [-0.1, -0.05) is 34.6 Å². The third-order valence-electron chi connectivity index (χ3n) is 5.12. The topological polar surface area (TPSA) is 40.5 Å². The molecule has 3 atom stereocenters. The Hall–Kier alpha value is -0.570. The molecule has 0 aromatic carbocycles. The van der Waals surface area contributed by atoms with E-state index in [0.717, 1.165) is 32.2 Å². The van der Waals surface area contributed by atoms with Crippen LogP contribution in [-0.4, -0.2) is 34.6 Å². The number of hydrogen-bond acceptors (Lipinski definition) is 2. The van der Waals surface area contributed by atoms with Gasteiger partial charge in [0.1, 0.15) is 0 Å². The quantitative estimate of drug-likeness (QED) is 0.793. The second kappa shape index (κ2) is 4.76. The number of hydrogen-bond donors (Lipinski definition) is 1. The number of likely N-dealkylation sites (tertiary alicyclic amines) is 1. The van der Waals surface area contributed by atoms with Gasteiger partial charge in [-0.05, 0) is 37.0 Å². The molecule has 1 saturated heterocycles. The molecule has 1 aliphatic heterocycles. The van der Waals surface area contributed by atoms with Gasteiger partial charge in [-0.25, -0.2) is 0 Å². The second-order valence-corrected chi connectivity index (χ2v) is 8.14. The van der Waals surface area contributed by atoms with Gasteiger partial charge in [-0.3, -0.25) is 4.79 Å². The highest BCUT2D eigenvalue weighted by molar-refractivity contribution is 5.84. The Labute approximate surface area is 117 Å². The van der Waals surface area contributed by atoms with Crippen molar-refractivity contribution in [2.75, 3.05) is 6.54 Å². The van der Waals surface area contributed by atoms with Gasteiger partial charge in [0.05, 0.1) is 6.10 Å². The fourth-order valence-electron chi connectivity index (χ4n) is 3.79. The van der Waals surface area contributed by atoms with Crippen molar-refractivity contribution in [3.63, 3.8) is 0 Å². The van der Waals surface area contributed by atoms with Gasteiger partial charge in [0.2, 0.25) is 5.91 Å². The fourth-order valence-corrected chi connectivity index (χ4v) is 3.79. The van der Waals surface area contributed by atoms with Crippen LogP contribution < -0.4 is 0 Å². The van der Waals surface area contributed by atoms with Crippen molar-refractivity contribution >= 4 is 5.91 Å². The van der Waals surface area contributed by atoms with Gasteiger partial charge in [0.25, 0.3) is 0 Å². The standard InChI is InChI=1S/C16H29NO2/c1-15(2,3)12-7-6-11(18)10-13(12)17-9-8-16(4,5)14(17)19/h11-13,18H,6-10H2,1-5H3. The number of carbonyl (C=O) groups is 1. The fraction of sp³-hybridized carbons (Fsp3) is 0.938. The van der Waals surface area contributed by atoms with E-state index in [9.17, 15) is 9.90 Å². The summed E-state index contributed by atoms with van der Waals surface area (Å²) in [6.07, 6.45) is 3.36. The normalized spacial score (nSPS) is 35.8. The van der Waals surface area contributed by atoms with Gasteiger partial charge in [0.15, 0.2) is 0 Å². The van der Waals surface area contributed by atoms with E-state index in [1.165, 1.54) is 0 Å². The van der Waals surface area contributed by atoms with Crippen molar-refractivity contribution in [2.24, 2.45) is 16.7 Å². The van der Waals surface area contributed by atoms with E-state index in [1.807, 2.05) is 13.8 Å². The summed E-state index contributed by atoms with van der Waals surface area (Å²) in [5.74, 6) is 0.773. The summed E-state index contributed by atoms with van der Waals surface area (Å²) in [5.41, 5.74) is -0.0251. The van der Waals surface area contributed by atoms with Crippen LogP contribution >= 0.6 is 0 Å². The smallest absolute Gasteiger partial charge is 0.228 e.